The molecule has 0 radical (unpaired) electrons. The molecule has 6 heteroatoms. The number of carbonyl (C=O) groups is 1. The maximum Gasteiger partial charge on any atom is 0.319 e. The van der Waals surface area contributed by atoms with Crippen LogP contribution in [-0.2, 0) is 9.53 Å². The Kier molecular flexibility index (Phi) is 5.71. The summed E-state index contributed by atoms with van der Waals surface area (Å²) in [6.07, 6.45) is 1.56. The van der Waals surface area contributed by atoms with Gasteiger partial charge in [0.25, 0.3) is 0 Å². The van der Waals surface area contributed by atoms with Crippen LogP contribution in [0, 0.1) is 5.92 Å². The lowest BCUT2D eigenvalue weighted by molar-refractivity contribution is -0.143. The van der Waals surface area contributed by atoms with Crippen LogP contribution in [0.4, 0.5) is 0 Å². The largest absolute Gasteiger partial charge is 0.465 e. The lowest BCUT2D eigenvalue weighted by Gasteiger charge is -2.12. The van der Waals surface area contributed by atoms with Crippen molar-refractivity contribution in [2.75, 3.05) is 6.61 Å². The van der Waals surface area contributed by atoms with Crippen LogP contribution >= 0.6 is 23.1 Å². The van der Waals surface area contributed by atoms with E-state index in [1.807, 2.05) is 39.0 Å². The summed E-state index contributed by atoms with van der Waals surface area (Å²) in [6.45, 7) is 6.34. The fraction of sp³-hybridized carbons (Fsp3) is 0.316. The molecule has 1 atom stereocenters. The minimum absolute atomic E-state index is 0.205. The van der Waals surface area contributed by atoms with Gasteiger partial charge in [-0.3, -0.25) is 4.79 Å². The zero-order valence-electron chi connectivity index (χ0n) is 14.4. The molecule has 3 aromatic rings. The number of hydrogen-bond donors (Lipinski definition) is 0. The molecule has 0 bridgehead atoms. The monoisotopic (exact) mass is 372 g/mol. The van der Waals surface area contributed by atoms with E-state index in [0.717, 1.165) is 25.7 Å². The Hall–Kier alpha value is -1.92. The average Bonchev–Trinajstić information content (AvgIpc) is 3.05. The van der Waals surface area contributed by atoms with Crippen molar-refractivity contribution < 1.29 is 9.53 Å². The summed E-state index contributed by atoms with van der Waals surface area (Å²) in [5.74, 6) is 0.126. The number of benzene rings is 1. The minimum atomic E-state index is -0.308. The van der Waals surface area contributed by atoms with Gasteiger partial charge in [-0.2, -0.15) is 0 Å². The predicted octanol–water partition coefficient (Wildman–Crippen LogP) is 5.04. The van der Waals surface area contributed by atoms with E-state index in [9.17, 15) is 4.79 Å². The molecule has 0 fully saturated rings. The van der Waals surface area contributed by atoms with Crippen molar-refractivity contribution in [3.05, 3.63) is 42.7 Å². The van der Waals surface area contributed by atoms with Gasteiger partial charge in [-0.15, -0.1) is 11.3 Å². The number of aromatic nitrogens is 2. The maximum absolute atomic E-state index is 12.1. The van der Waals surface area contributed by atoms with Crippen LogP contribution in [0.3, 0.4) is 0 Å². The molecule has 0 spiro atoms. The molecule has 0 saturated carbocycles. The SMILES string of the molecule is CC(C)COC(=O)[C@H](C)Sc1ncnc2sc(-c3ccccc3)cc12. The third kappa shape index (κ3) is 4.38. The first kappa shape index (κ1) is 17.9. The van der Waals surface area contributed by atoms with Gasteiger partial charge in [-0.1, -0.05) is 55.9 Å². The van der Waals surface area contributed by atoms with Crippen LogP contribution in [0.1, 0.15) is 20.8 Å². The van der Waals surface area contributed by atoms with Crippen molar-refractivity contribution in [1.29, 1.82) is 0 Å². The van der Waals surface area contributed by atoms with E-state index in [2.05, 4.69) is 28.2 Å². The standard InChI is InChI=1S/C19H20N2O2S2/c1-12(2)10-23-19(22)13(3)24-17-15-9-16(14-7-5-4-6-8-14)25-18(15)21-11-20-17/h4-9,11-13H,10H2,1-3H3/t13-/m0/s1. The summed E-state index contributed by atoms with van der Waals surface area (Å²) in [4.78, 5) is 23.0. The fourth-order valence-electron chi connectivity index (χ4n) is 2.25. The Labute approximate surface area is 155 Å². The van der Waals surface area contributed by atoms with Gasteiger partial charge >= 0.3 is 5.97 Å². The summed E-state index contributed by atoms with van der Waals surface area (Å²) >= 11 is 3.06. The Morgan fingerprint density at radius 1 is 1.20 bits per heavy atom. The van der Waals surface area contributed by atoms with Crippen molar-refractivity contribution in [2.24, 2.45) is 5.92 Å². The Morgan fingerprint density at radius 2 is 1.96 bits per heavy atom. The van der Waals surface area contributed by atoms with Crippen LogP contribution in [0.5, 0.6) is 0 Å². The molecule has 1 aromatic carbocycles. The molecule has 2 heterocycles. The molecule has 0 aliphatic heterocycles. The Balaban J connectivity index is 1.82. The predicted molar refractivity (Wildman–Crippen MR) is 104 cm³/mol. The summed E-state index contributed by atoms with van der Waals surface area (Å²) in [6, 6.07) is 12.3. The average molecular weight is 373 g/mol. The number of fused-ring (bicyclic) bond motifs is 1. The summed E-state index contributed by atoms with van der Waals surface area (Å²) < 4.78 is 5.32. The number of ether oxygens (including phenoxy) is 1. The van der Waals surface area contributed by atoms with Gasteiger partial charge in [-0.05, 0) is 24.5 Å². The second-order valence-electron chi connectivity index (χ2n) is 6.16. The first-order chi connectivity index (χ1) is 12.0. The Morgan fingerprint density at radius 3 is 2.68 bits per heavy atom. The Bertz CT molecular complexity index is 862. The van der Waals surface area contributed by atoms with E-state index < -0.39 is 0 Å². The van der Waals surface area contributed by atoms with E-state index in [4.69, 9.17) is 4.74 Å². The molecule has 130 valence electrons. The molecule has 0 saturated heterocycles. The van der Waals surface area contributed by atoms with Crippen molar-refractivity contribution in [3.63, 3.8) is 0 Å². The van der Waals surface area contributed by atoms with Crippen LogP contribution in [-0.4, -0.2) is 27.8 Å². The number of nitrogens with zero attached hydrogens (tertiary/aromatic N) is 2. The first-order valence-electron chi connectivity index (χ1n) is 8.18. The quantitative estimate of drug-likeness (QED) is 0.345. The molecule has 0 aliphatic carbocycles. The van der Waals surface area contributed by atoms with Crippen LogP contribution in [0.2, 0.25) is 0 Å². The molecule has 4 nitrogen and oxygen atoms in total. The number of thiophene rings is 1. The molecular formula is C19H20N2O2S2. The lowest BCUT2D eigenvalue weighted by atomic mass is 10.2. The van der Waals surface area contributed by atoms with Crippen LogP contribution < -0.4 is 0 Å². The molecule has 0 aliphatic rings. The number of esters is 1. The van der Waals surface area contributed by atoms with E-state index >= 15 is 0 Å². The number of carbonyl (C=O) groups excluding carboxylic acids is 1. The van der Waals surface area contributed by atoms with Crippen molar-refractivity contribution in [2.45, 2.75) is 31.0 Å². The third-order valence-electron chi connectivity index (χ3n) is 3.53. The first-order valence-corrected chi connectivity index (χ1v) is 9.87. The van der Waals surface area contributed by atoms with Crippen molar-refractivity contribution in [3.8, 4) is 10.4 Å². The molecule has 3 rings (SSSR count). The van der Waals surface area contributed by atoms with Gasteiger partial charge < -0.3 is 4.74 Å². The van der Waals surface area contributed by atoms with Crippen LogP contribution in [0.25, 0.3) is 20.7 Å². The van der Waals surface area contributed by atoms with Crippen molar-refractivity contribution in [1.82, 2.24) is 9.97 Å². The van der Waals surface area contributed by atoms with E-state index in [1.54, 1.807) is 17.7 Å². The highest BCUT2D eigenvalue weighted by Crippen LogP contribution is 2.37. The van der Waals surface area contributed by atoms with Gasteiger partial charge in [0.2, 0.25) is 0 Å². The maximum atomic E-state index is 12.1. The second kappa shape index (κ2) is 7.97. The van der Waals surface area contributed by atoms with E-state index in [1.165, 1.54) is 11.8 Å². The van der Waals surface area contributed by atoms with E-state index in [-0.39, 0.29) is 11.2 Å². The topological polar surface area (TPSA) is 52.1 Å². The van der Waals surface area contributed by atoms with Gasteiger partial charge in [0, 0.05) is 10.3 Å². The number of hydrogen-bond acceptors (Lipinski definition) is 6. The summed E-state index contributed by atoms with van der Waals surface area (Å²) in [5.41, 5.74) is 1.16. The van der Waals surface area contributed by atoms with Crippen molar-refractivity contribution >= 4 is 39.3 Å². The van der Waals surface area contributed by atoms with Gasteiger partial charge in [-0.25, -0.2) is 9.97 Å². The summed E-state index contributed by atoms with van der Waals surface area (Å²) in [5, 5.41) is 1.49. The highest BCUT2D eigenvalue weighted by Gasteiger charge is 2.19. The molecular weight excluding hydrogens is 352 g/mol. The van der Waals surface area contributed by atoms with Gasteiger partial charge in [0.05, 0.1) is 6.61 Å². The van der Waals surface area contributed by atoms with E-state index in [0.29, 0.717) is 12.5 Å². The molecule has 25 heavy (non-hydrogen) atoms. The number of rotatable bonds is 6. The highest BCUT2D eigenvalue weighted by molar-refractivity contribution is 8.00. The zero-order valence-corrected chi connectivity index (χ0v) is 16.1. The summed E-state index contributed by atoms with van der Waals surface area (Å²) in [7, 11) is 0. The molecule has 0 unspecified atom stereocenters. The normalized spacial score (nSPS) is 12.5. The minimum Gasteiger partial charge on any atom is -0.465 e. The smallest absolute Gasteiger partial charge is 0.319 e. The van der Waals surface area contributed by atoms with Gasteiger partial charge in [0.1, 0.15) is 21.4 Å². The molecule has 2 aromatic heterocycles. The second-order valence-corrected chi connectivity index (χ2v) is 8.52. The zero-order chi connectivity index (χ0) is 17.8. The third-order valence-corrected chi connectivity index (χ3v) is 5.72. The number of thioether (sulfide) groups is 1. The highest BCUT2D eigenvalue weighted by atomic mass is 32.2. The van der Waals surface area contributed by atoms with Gasteiger partial charge in [0.15, 0.2) is 0 Å². The van der Waals surface area contributed by atoms with Crippen LogP contribution in [0.15, 0.2) is 47.8 Å². The fourth-order valence-corrected chi connectivity index (χ4v) is 4.21. The molecule has 0 amide bonds. The molecule has 0 N–H and O–H groups in total. The lowest BCUT2D eigenvalue weighted by Crippen LogP contribution is -2.19.